The Morgan fingerprint density at radius 3 is 2.67 bits per heavy atom. The molecule has 0 saturated heterocycles. The van der Waals surface area contributed by atoms with Gasteiger partial charge in [-0.25, -0.2) is 0 Å². The van der Waals surface area contributed by atoms with Crippen molar-refractivity contribution in [3.63, 3.8) is 0 Å². The lowest BCUT2D eigenvalue weighted by atomic mass is 10.2. The maximum Gasteiger partial charge on any atom is 0.150 e. The quantitative estimate of drug-likeness (QED) is 0.561. The average molecular weight is 342 g/mol. The third-order valence-electron chi connectivity index (χ3n) is 2.43. The third kappa shape index (κ3) is 3.37. The molecule has 4 heteroatoms. The van der Waals surface area contributed by atoms with Gasteiger partial charge in [0.1, 0.15) is 6.29 Å². The van der Waals surface area contributed by atoms with Crippen molar-refractivity contribution >= 4 is 45.6 Å². The first kappa shape index (κ1) is 13.7. The van der Waals surface area contributed by atoms with Gasteiger partial charge in [0.05, 0.1) is 0 Å². The Hall–Kier alpha value is -0.770. The van der Waals surface area contributed by atoms with E-state index in [9.17, 15) is 4.79 Å². The van der Waals surface area contributed by atoms with E-state index in [0.29, 0.717) is 5.56 Å². The minimum Gasteiger partial charge on any atom is -0.298 e. The highest BCUT2D eigenvalue weighted by molar-refractivity contribution is 9.10. The van der Waals surface area contributed by atoms with Gasteiger partial charge in [0.25, 0.3) is 0 Å². The van der Waals surface area contributed by atoms with Crippen molar-refractivity contribution in [2.45, 2.75) is 10.6 Å². The number of aldehydes is 1. The van der Waals surface area contributed by atoms with Crippen LogP contribution in [0.25, 0.3) is 0 Å². The molecule has 0 aliphatic rings. The van der Waals surface area contributed by atoms with Crippen molar-refractivity contribution in [2.75, 3.05) is 0 Å². The molecular formula is C14H10BrClOS. The lowest BCUT2D eigenvalue weighted by molar-refractivity contribution is 0.112. The number of hydrogen-bond donors (Lipinski definition) is 0. The van der Waals surface area contributed by atoms with Crippen LogP contribution in [0.5, 0.6) is 0 Å². The fraction of sp³-hybridized carbons (Fsp3) is 0.0714. The molecular weight excluding hydrogens is 332 g/mol. The van der Waals surface area contributed by atoms with E-state index in [4.69, 9.17) is 11.6 Å². The monoisotopic (exact) mass is 340 g/mol. The largest absolute Gasteiger partial charge is 0.298 e. The van der Waals surface area contributed by atoms with Crippen LogP contribution in [0.1, 0.15) is 15.9 Å². The summed E-state index contributed by atoms with van der Waals surface area (Å²) in [4.78, 5) is 11.7. The van der Waals surface area contributed by atoms with E-state index in [1.54, 1.807) is 11.8 Å². The molecule has 2 rings (SSSR count). The summed E-state index contributed by atoms with van der Waals surface area (Å²) in [7, 11) is 0. The Kier molecular flexibility index (Phi) is 4.87. The van der Waals surface area contributed by atoms with Crippen molar-refractivity contribution in [1.29, 1.82) is 0 Å². The van der Waals surface area contributed by atoms with Crippen molar-refractivity contribution in [2.24, 2.45) is 0 Å². The summed E-state index contributed by atoms with van der Waals surface area (Å²) in [5.74, 6) is 0.804. The van der Waals surface area contributed by atoms with Crippen molar-refractivity contribution in [3.8, 4) is 0 Å². The first-order chi connectivity index (χ1) is 8.70. The second-order valence-corrected chi connectivity index (χ2v) is 5.97. The average Bonchev–Trinajstić information content (AvgIpc) is 2.39. The SMILES string of the molecule is O=Cc1ccc(SCc2ccccc2Cl)c(Br)c1. The summed E-state index contributed by atoms with van der Waals surface area (Å²) in [6.07, 6.45) is 0.841. The van der Waals surface area contributed by atoms with E-state index in [1.807, 2.05) is 42.5 Å². The summed E-state index contributed by atoms with van der Waals surface area (Å²) in [5.41, 5.74) is 1.78. The minimum absolute atomic E-state index is 0.670. The van der Waals surface area contributed by atoms with Gasteiger partial charge in [-0.05, 0) is 39.7 Å². The molecule has 0 fully saturated rings. The molecule has 0 aliphatic carbocycles. The zero-order valence-electron chi connectivity index (χ0n) is 9.40. The van der Waals surface area contributed by atoms with E-state index < -0.39 is 0 Å². The molecule has 0 aromatic heterocycles. The highest BCUT2D eigenvalue weighted by Gasteiger charge is 2.04. The third-order valence-corrected chi connectivity index (χ3v) is 4.84. The fourth-order valence-electron chi connectivity index (χ4n) is 1.48. The summed E-state index contributed by atoms with van der Waals surface area (Å²) in [6, 6.07) is 13.4. The van der Waals surface area contributed by atoms with Crippen LogP contribution in [0.3, 0.4) is 0 Å². The van der Waals surface area contributed by atoms with Crippen LogP contribution in [0.15, 0.2) is 51.8 Å². The number of thioether (sulfide) groups is 1. The van der Waals surface area contributed by atoms with Crippen LogP contribution < -0.4 is 0 Å². The van der Waals surface area contributed by atoms with Gasteiger partial charge in [0.15, 0.2) is 0 Å². The van der Waals surface area contributed by atoms with Crippen LogP contribution >= 0.6 is 39.3 Å². The number of carbonyl (C=O) groups excluding carboxylic acids is 1. The predicted molar refractivity (Wildman–Crippen MR) is 80.5 cm³/mol. The topological polar surface area (TPSA) is 17.1 Å². The Balaban J connectivity index is 2.11. The van der Waals surface area contributed by atoms with E-state index in [2.05, 4.69) is 15.9 Å². The molecule has 1 nitrogen and oxygen atoms in total. The molecule has 0 unspecified atom stereocenters. The second-order valence-electron chi connectivity index (χ2n) is 3.69. The normalized spacial score (nSPS) is 10.3. The molecule has 0 bridgehead atoms. The Morgan fingerprint density at radius 2 is 2.00 bits per heavy atom. The van der Waals surface area contributed by atoms with Gasteiger partial charge >= 0.3 is 0 Å². The molecule has 0 spiro atoms. The summed E-state index contributed by atoms with van der Waals surface area (Å²) in [5, 5.41) is 0.783. The predicted octanol–water partition coefficient (Wildman–Crippen LogP) is 5.21. The number of carbonyl (C=O) groups is 1. The standard InChI is InChI=1S/C14H10BrClOS/c15-12-7-10(8-17)5-6-14(12)18-9-11-3-1-2-4-13(11)16/h1-8H,9H2. The van der Waals surface area contributed by atoms with E-state index in [0.717, 1.165) is 32.0 Å². The Morgan fingerprint density at radius 1 is 1.22 bits per heavy atom. The Labute approximate surface area is 124 Å². The highest BCUT2D eigenvalue weighted by Crippen LogP contribution is 2.32. The lowest BCUT2D eigenvalue weighted by Gasteiger charge is -2.06. The molecule has 0 aliphatic heterocycles. The molecule has 2 aromatic rings. The summed E-state index contributed by atoms with van der Waals surface area (Å²) in [6.45, 7) is 0. The molecule has 18 heavy (non-hydrogen) atoms. The van der Waals surface area contributed by atoms with Crippen molar-refractivity contribution < 1.29 is 4.79 Å². The van der Waals surface area contributed by atoms with Crippen molar-refractivity contribution in [1.82, 2.24) is 0 Å². The summed E-state index contributed by atoms with van der Waals surface area (Å²) < 4.78 is 0.934. The molecule has 92 valence electrons. The van der Waals surface area contributed by atoms with Gasteiger partial charge in [0, 0.05) is 25.7 Å². The molecule has 0 radical (unpaired) electrons. The van der Waals surface area contributed by atoms with Crippen molar-refractivity contribution in [3.05, 3.63) is 63.1 Å². The number of halogens is 2. The molecule has 0 saturated carbocycles. The molecule has 2 aromatic carbocycles. The smallest absolute Gasteiger partial charge is 0.150 e. The van der Waals surface area contributed by atoms with Crippen LogP contribution in [0, 0.1) is 0 Å². The maximum atomic E-state index is 10.6. The van der Waals surface area contributed by atoms with Gasteiger partial charge in [-0.2, -0.15) is 0 Å². The van der Waals surface area contributed by atoms with Gasteiger partial charge in [0.2, 0.25) is 0 Å². The maximum absolute atomic E-state index is 10.6. The zero-order chi connectivity index (χ0) is 13.0. The minimum atomic E-state index is 0.670. The lowest BCUT2D eigenvalue weighted by Crippen LogP contribution is -1.85. The highest BCUT2D eigenvalue weighted by atomic mass is 79.9. The van der Waals surface area contributed by atoms with Gasteiger partial charge < -0.3 is 0 Å². The van der Waals surface area contributed by atoms with Crippen LogP contribution in [-0.2, 0) is 5.75 Å². The van der Waals surface area contributed by atoms with Crippen LogP contribution in [0.4, 0.5) is 0 Å². The van der Waals surface area contributed by atoms with Gasteiger partial charge in [-0.1, -0.05) is 35.9 Å². The molecule has 0 N–H and O–H groups in total. The van der Waals surface area contributed by atoms with E-state index in [1.165, 1.54) is 0 Å². The molecule has 0 atom stereocenters. The Bertz CT molecular complexity index is 571. The van der Waals surface area contributed by atoms with Crippen LogP contribution in [0.2, 0.25) is 5.02 Å². The van der Waals surface area contributed by atoms with Gasteiger partial charge in [-0.15, -0.1) is 11.8 Å². The van der Waals surface area contributed by atoms with Crippen LogP contribution in [-0.4, -0.2) is 6.29 Å². The van der Waals surface area contributed by atoms with E-state index in [-0.39, 0.29) is 0 Å². The number of hydrogen-bond acceptors (Lipinski definition) is 2. The summed E-state index contributed by atoms with van der Waals surface area (Å²) >= 11 is 11.3. The zero-order valence-corrected chi connectivity index (χ0v) is 12.6. The first-order valence-electron chi connectivity index (χ1n) is 5.31. The second kappa shape index (κ2) is 6.41. The van der Waals surface area contributed by atoms with Gasteiger partial charge in [-0.3, -0.25) is 4.79 Å². The molecule has 0 heterocycles. The number of rotatable bonds is 4. The van der Waals surface area contributed by atoms with E-state index >= 15 is 0 Å². The molecule has 0 amide bonds. The fourth-order valence-corrected chi connectivity index (χ4v) is 3.42. The first-order valence-corrected chi connectivity index (χ1v) is 7.47. The number of benzene rings is 2.